The first-order chi connectivity index (χ1) is 27.6. The summed E-state index contributed by atoms with van der Waals surface area (Å²) in [4.78, 5) is 24.2. The lowest BCUT2D eigenvalue weighted by molar-refractivity contribution is -0.161. The fraction of sp³-hybridized carbons (Fsp3) is 0.961. The molecule has 0 spiro atoms. The van der Waals surface area contributed by atoms with Crippen molar-refractivity contribution in [3.63, 3.8) is 0 Å². The Bertz CT molecular complexity index is 769. The fourth-order valence-electron chi connectivity index (χ4n) is 8.03. The number of hydrogen-bond acceptors (Lipinski definition) is 5. The van der Waals surface area contributed by atoms with Gasteiger partial charge in [0.05, 0.1) is 6.61 Å². The number of carbonyl (C=O) groups excluding carboxylic acids is 2. The lowest BCUT2D eigenvalue weighted by Gasteiger charge is -2.15. The monoisotopic (exact) mass is 793 g/mol. The second kappa shape index (κ2) is 48.3. The Balaban J connectivity index is 3.30. The maximum absolute atomic E-state index is 12.2. The van der Waals surface area contributed by atoms with Gasteiger partial charge in [-0.05, 0) is 12.8 Å². The smallest absolute Gasteiger partial charge is 0.306 e. The number of carbonyl (C=O) groups is 2. The van der Waals surface area contributed by atoms with Crippen molar-refractivity contribution in [3.8, 4) is 0 Å². The van der Waals surface area contributed by atoms with Crippen LogP contribution in [0.4, 0.5) is 0 Å². The van der Waals surface area contributed by atoms with Crippen LogP contribution in [0.3, 0.4) is 0 Å². The average Bonchev–Trinajstić information content (AvgIpc) is 3.20. The molecule has 0 heterocycles. The highest BCUT2D eigenvalue weighted by atomic mass is 16.6. The van der Waals surface area contributed by atoms with E-state index >= 15 is 0 Å². The summed E-state index contributed by atoms with van der Waals surface area (Å²) in [7, 11) is 0. The molecule has 0 aromatic carbocycles. The Labute approximate surface area is 350 Å². The van der Waals surface area contributed by atoms with E-state index in [2.05, 4.69) is 13.8 Å². The van der Waals surface area contributed by atoms with Crippen molar-refractivity contribution >= 4 is 11.9 Å². The van der Waals surface area contributed by atoms with Gasteiger partial charge < -0.3 is 14.6 Å². The molecule has 1 atom stereocenters. The molecule has 5 heteroatoms. The van der Waals surface area contributed by atoms with Crippen LogP contribution in [0.2, 0.25) is 0 Å². The zero-order valence-corrected chi connectivity index (χ0v) is 38.2. The quantitative estimate of drug-likeness (QED) is 0.0491. The van der Waals surface area contributed by atoms with Gasteiger partial charge in [0, 0.05) is 12.8 Å². The number of aliphatic hydroxyl groups is 1. The van der Waals surface area contributed by atoms with Crippen LogP contribution in [0.15, 0.2) is 0 Å². The van der Waals surface area contributed by atoms with Gasteiger partial charge in [0.1, 0.15) is 6.61 Å². The maximum atomic E-state index is 12.2. The molecular formula is C51H100O5. The zero-order valence-electron chi connectivity index (χ0n) is 38.2. The molecule has 0 rings (SSSR count). The summed E-state index contributed by atoms with van der Waals surface area (Å²) < 4.78 is 10.6. The highest BCUT2D eigenvalue weighted by molar-refractivity contribution is 5.70. The summed E-state index contributed by atoms with van der Waals surface area (Å²) >= 11 is 0. The van der Waals surface area contributed by atoms with Crippen molar-refractivity contribution in [2.75, 3.05) is 13.2 Å². The fourth-order valence-corrected chi connectivity index (χ4v) is 8.03. The van der Waals surface area contributed by atoms with Crippen molar-refractivity contribution in [2.45, 2.75) is 302 Å². The van der Waals surface area contributed by atoms with Gasteiger partial charge in [-0.1, -0.05) is 271 Å². The van der Waals surface area contributed by atoms with Gasteiger partial charge in [-0.2, -0.15) is 0 Å². The number of hydrogen-bond donors (Lipinski definition) is 1. The van der Waals surface area contributed by atoms with E-state index in [9.17, 15) is 14.7 Å². The Morgan fingerprint density at radius 2 is 0.554 bits per heavy atom. The molecule has 56 heavy (non-hydrogen) atoms. The highest BCUT2D eigenvalue weighted by Gasteiger charge is 2.16. The lowest BCUT2D eigenvalue weighted by atomic mass is 10.0. The Morgan fingerprint density at radius 3 is 0.786 bits per heavy atom. The zero-order chi connectivity index (χ0) is 40.7. The van der Waals surface area contributed by atoms with E-state index in [4.69, 9.17) is 9.47 Å². The standard InChI is InChI=1S/C51H100O5/c1-3-5-7-9-11-13-14-15-16-17-18-19-20-21-22-23-24-25-26-27-28-29-30-31-32-33-34-35-36-37-38-40-42-44-46-51(54)56-49(47-52)48-55-50(53)45-43-41-39-12-10-8-6-4-2/h49,52H,3-48H2,1-2H3. The molecule has 0 radical (unpaired) electrons. The SMILES string of the molecule is CCCCCCCCCCCCCCCCCCCCCCCCCCCCCCCCCCCCC(=O)OC(CO)COC(=O)CCCCCCCCCC. The molecule has 0 aliphatic rings. The Hall–Kier alpha value is -1.10. The molecule has 1 N–H and O–H groups in total. The van der Waals surface area contributed by atoms with Crippen LogP contribution in [0.1, 0.15) is 296 Å². The highest BCUT2D eigenvalue weighted by Crippen LogP contribution is 2.18. The topological polar surface area (TPSA) is 72.8 Å². The molecule has 5 nitrogen and oxygen atoms in total. The average molecular weight is 793 g/mol. The third kappa shape index (κ3) is 45.6. The van der Waals surface area contributed by atoms with Crippen LogP contribution in [-0.4, -0.2) is 36.4 Å². The third-order valence-corrected chi connectivity index (χ3v) is 11.9. The van der Waals surface area contributed by atoms with E-state index in [1.807, 2.05) is 0 Å². The van der Waals surface area contributed by atoms with Crippen molar-refractivity contribution in [2.24, 2.45) is 0 Å². The number of aliphatic hydroxyl groups excluding tert-OH is 1. The summed E-state index contributed by atoms with van der Waals surface area (Å²) in [5.74, 6) is -0.578. The van der Waals surface area contributed by atoms with Gasteiger partial charge in [0.2, 0.25) is 0 Å². The molecule has 0 aromatic rings. The number of rotatable bonds is 48. The third-order valence-electron chi connectivity index (χ3n) is 11.9. The maximum Gasteiger partial charge on any atom is 0.306 e. The van der Waals surface area contributed by atoms with E-state index in [0.717, 1.165) is 38.5 Å². The molecule has 0 amide bonds. The number of unbranched alkanes of at least 4 members (excludes halogenated alkanes) is 40. The van der Waals surface area contributed by atoms with Crippen LogP contribution in [-0.2, 0) is 19.1 Å². The normalized spacial score (nSPS) is 12.0. The van der Waals surface area contributed by atoms with E-state index in [1.165, 1.54) is 231 Å². The molecule has 0 aromatic heterocycles. The summed E-state index contributed by atoms with van der Waals surface area (Å²) in [6.07, 6.45) is 56.8. The lowest BCUT2D eigenvalue weighted by Crippen LogP contribution is -2.28. The molecule has 0 aliphatic carbocycles. The first-order valence-corrected chi connectivity index (χ1v) is 25.6. The first kappa shape index (κ1) is 54.9. The van der Waals surface area contributed by atoms with E-state index in [-0.39, 0.29) is 25.2 Å². The van der Waals surface area contributed by atoms with Gasteiger partial charge in [-0.15, -0.1) is 0 Å². The first-order valence-electron chi connectivity index (χ1n) is 25.6. The van der Waals surface area contributed by atoms with Crippen molar-refractivity contribution in [3.05, 3.63) is 0 Å². The predicted octanol–water partition coefficient (Wildman–Crippen LogP) is 16.6. The van der Waals surface area contributed by atoms with Crippen LogP contribution in [0.5, 0.6) is 0 Å². The van der Waals surface area contributed by atoms with Gasteiger partial charge in [0.15, 0.2) is 6.10 Å². The molecule has 0 saturated heterocycles. The van der Waals surface area contributed by atoms with Gasteiger partial charge in [0.25, 0.3) is 0 Å². The largest absolute Gasteiger partial charge is 0.462 e. The summed E-state index contributed by atoms with van der Waals surface area (Å²) in [6, 6.07) is 0. The summed E-state index contributed by atoms with van der Waals surface area (Å²) in [5.41, 5.74) is 0. The Morgan fingerprint density at radius 1 is 0.339 bits per heavy atom. The second-order valence-electron chi connectivity index (χ2n) is 17.6. The van der Waals surface area contributed by atoms with Crippen LogP contribution >= 0.6 is 0 Å². The number of ether oxygens (including phenoxy) is 2. The van der Waals surface area contributed by atoms with Crippen molar-refractivity contribution < 1.29 is 24.2 Å². The summed E-state index contributed by atoms with van der Waals surface area (Å²) in [5, 5.41) is 9.55. The molecule has 0 bridgehead atoms. The summed E-state index contributed by atoms with van der Waals surface area (Å²) in [6.45, 7) is 4.14. The molecule has 0 aliphatic heterocycles. The minimum atomic E-state index is -0.761. The van der Waals surface area contributed by atoms with Crippen molar-refractivity contribution in [1.82, 2.24) is 0 Å². The van der Waals surface area contributed by atoms with Crippen LogP contribution < -0.4 is 0 Å². The van der Waals surface area contributed by atoms with Gasteiger partial charge >= 0.3 is 11.9 Å². The van der Waals surface area contributed by atoms with Gasteiger partial charge in [-0.25, -0.2) is 0 Å². The Kier molecular flexibility index (Phi) is 47.3. The van der Waals surface area contributed by atoms with Crippen LogP contribution in [0, 0.1) is 0 Å². The van der Waals surface area contributed by atoms with Crippen molar-refractivity contribution in [1.29, 1.82) is 0 Å². The molecule has 1 unspecified atom stereocenters. The van der Waals surface area contributed by atoms with E-state index in [0.29, 0.717) is 12.8 Å². The predicted molar refractivity (Wildman–Crippen MR) is 242 cm³/mol. The van der Waals surface area contributed by atoms with E-state index in [1.54, 1.807) is 0 Å². The minimum absolute atomic E-state index is 0.0578. The van der Waals surface area contributed by atoms with Crippen LogP contribution in [0.25, 0.3) is 0 Å². The second-order valence-corrected chi connectivity index (χ2v) is 17.6. The molecule has 0 saturated carbocycles. The van der Waals surface area contributed by atoms with E-state index < -0.39 is 6.10 Å². The minimum Gasteiger partial charge on any atom is -0.462 e. The number of esters is 2. The molecular weight excluding hydrogens is 693 g/mol. The molecule has 334 valence electrons. The van der Waals surface area contributed by atoms with Gasteiger partial charge in [-0.3, -0.25) is 9.59 Å². The molecule has 0 fully saturated rings.